The Morgan fingerprint density at radius 1 is 1.25 bits per heavy atom. The molecular weight excluding hydrogens is 298 g/mol. The monoisotopic (exact) mass is 315 g/mol. The number of halogens is 1. The van der Waals surface area contributed by atoms with Gasteiger partial charge in [-0.3, -0.25) is 9.59 Å². The summed E-state index contributed by atoms with van der Waals surface area (Å²) in [7, 11) is 1.71. The normalized spacial score (nSPS) is 10.3. The number of aliphatic carboxylic acids is 1. The number of rotatable bonds is 8. The predicted molar refractivity (Wildman–Crippen MR) is 81.3 cm³/mol. The van der Waals surface area contributed by atoms with Crippen LogP contribution in [0.1, 0.15) is 19.3 Å². The summed E-state index contributed by atoms with van der Waals surface area (Å²) in [4.78, 5) is 24.9. The van der Waals surface area contributed by atoms with E-state index in [1.165, 1.54) is 0 Å². The van der Waals surface area contributed by atoms with E-state index in [1.807, 2.05) is 24.3 Å². The second kappa shape index (κ2) is 8.87. The fourth-order valence-corrected chi connectivity index (χ4v) is 2.54. The summed E-state index contributed by atoms with van der Waals surface area (Å²) >= 11 is 7.40. The zero-order valence-corrected chi connectivity index (χ0v) is 12.9. The number of carbonyl (C=O) groups is 2. The van der Waals surface area contributed by atoms with E-state index in [2.05, 4.69) is 0 Å². The summed E-state index contributed by atoms with van der Waals surface area (Å²) in [6, 6.07) is 7.50. The van der Waals surface area contributed by atoms with Crippen molar-refractivity contribution in [2.45, 2.75) is 24.2 Å². The maximum atomic E-state index is 11.8. The fourth-order valence-electron chi connectivity index (χ4n) is 1.57. The van der Waals surface area contributed by atoms with Crippen LogP contribution in [0.2, 0.25) is 5.02 Å². The van der Waals surface area contributed by atoms with Crippen LogP contribution in [0.4, 0.5) is 0 Å². The highest BCUT2D eigenvalue weighted by molar-refractivity contribution is 7.99. The Labute approximate surface area is 128 Å². The molecule has 0 saturated heterocycles. The van der Waals surface area contributed by atoms with Crippen LogP contribution in [0.5, 0.6) is 0 Å². The molecule has 0 spiro atoms. The van der Waals surface area contributed by atoms with E-state index in [4.69, 9.17) is 16.7 Å². The minimum atomic E-state index is -0.829. The summed E-state index contributed by atoms with van der Waals surface area (Å²) < 4.78 is 0. The highest BCUT2D eigenvalue weighted by atomic mass is 35.5. The highest BCUT2D eigenvalue weighted by Gasteiger charge is 2.09. The van der Waals surface area contributed by atoms with Gasteiger partial charge in [-0.1, -0.05) is 11.6 Å². The van der Waals surface area contributed by atoms with Gasteiger partial charge >= 0.3 is 5.97 Å². The number of benzene rings is 1. The van der Waals surface area contributed by atoms with Gasteiger partial charge in [0.05, 0.1) is 0 Å². The van der Waals surface area contributed by atoms with Gasteiger partial charge in [-0.05, 0) is 30.7 Å². The minimum absolute atomic E-state index is 0.0388. The second-order valence-corrected chi connectivity index (χ2v) is 5.97. The first kappa shape index (κ1) is 16.9. The molecule has 0 bridgehead atoms. The number of nitrogens with zero attached hydrogens (tertiary/aromatic N) is 1. The molecule has 1 N–H and O–H groups in total. The number of carboxylic acids is 1. The van der Waals surface area contributed by atoms with Gasteiger partial charge in [-0.25, -0.2) is 0 Å². The molecule has 0 atom stereocenters. The van der Waals surface area contributed by atoms with Crippen molar-refractivity contribution in [1.82, 2.24) is 4.90 Å². The van der Waals surface area contributed by atoms with Crippen molar-refractivity contribution < 1.29 is 14.7 Å². The first-order chi connectivity index (χ1) is 9.49. The van der Waals surface area contributed by atoms with Crippen LogP contribution < -0.4 is 0 Å². The van der Waals surface area contributed by atoms with Crippen LogP contribution in [-0.2, 0) is 9.59 Å². The van der Waals surface area contributed by atoms with Gasteiger partial charge in [0.15, 0.2) is 0 Å². The lowest BCUT2D eigenvalue weighted by molar-refractivity contribution is -0.138. The molecule has 4 nitrogen and oxygen atoms in total. The van der Waals surface area contributed by atoms with Crippen LogP contribution in [0, 0.1) is 0 Å². The van der Waals surface area contributed by atoms with Crippen molar-refractivity contribution in [3.8, 4) is 0 Å². The largest absolute Gasteiger partial charge is 0.481 e. The number of hydrogen-bond acceptors (Lipinski definition) is 3. The summed E-state index contributed by atoms with van der Waals surface area (Å²) in [6.07, 6.45) is 1.02. The Hall–Kier alpha value is -1.20. The number of carboxylic acid groups (broad SMARTS) is 1. The number of thioether (sulfide) groups is 1. The second-order valence-electron chi connectivity index (χ2n) is 4.36. The quantitative estimate of drug-likeness (QED) is 0.749. The van der Waals surface area contributed by atoms with E-state index < -0.39 is 5.97 Å². The highest BCUT2D eigenvalue weighted by Crippen LogP contribution is 2.21. The van der Waals surface area contributed by atoms with E-state index >= 15 is 0 Å². The molecule has 1 amide bonds. The van der Waals surface area contributed by atoms with Gasteiger partial charge in [-0.2, -0.15) is 0 Å². The summed E-state index contributed by atoms with van der Waals surface area (Å²) in [6.45, 7) is 0.483. The average Bonchev–Trinajstić information content (AvgIpc) is 2.40. The zero-order chi connectivity index (χ0) is 15.0. The fraction of sp³-hybridized carbons (Fsp3) is 0.429. The average molecular weight is 316 g/mol. The molecule has 110 valence electrons. The van der Waals surface area contributed by atoms with Crippen LogP contribution in [0.15, 0.2) is 29.2 Å². The van der Waals surface area contributed by atoms with Gasteiger partial charge in [-0.15, -0.1) is 11.8 Å². The molecule has 0 fully saturated rings. The molecule has 20 heavy (non-hydrogen) atoms. The number of carbonyl (C=O) groups excluding carboxylic acids is 1. The Bertz CT molecular complexity index is 450. The van der Waals surface area contributed by atoms with Crippen LogP contribution >= 0.6 is 23.4 Å². The summed E-state index contributed by atoms with van der Waals surface area (Å²) in [5.41, 5.74) is 0. The van der Waals surface area contributed by atoms with Gasteiger partial charge < -0.3 is 10.0 Å². The van der Waals surface area contributed by atoms with Crippen molar-refractivity contribution in [3.05, 3.63) is 29.3 Å². The summed E-state index contributed by atoms with van der Waals surface area (Å²) in [5, 5.41) is 9.23. The van der Waals surface area contributed by atoms with E-state index in [0.717, 1.165) is 4.90 Å². The lowest BCUT2D eigenvalue weighted by Crippen LogP contribution is -2.28. The first-order valence-corrected chi connectivity index (χ1v) is 7.69. The van der Waals surface area contributed by atoms with Crippen molar-refractivity contribution >= 4 is 35.2 Å². The molecule has 1 aromatic carbocycles. The Kier molecular flexibility index (Phi) is 7.47. The predicted octanol–water partition coefficient (Wildman–Crippen LogP) is 3.15. The first-order valence-electron chi connectivity index (χ1n) is 6.33. The molecular formula is C14H18ClNO3S. The van der Waals surface area contributed by atoms with E-state index in [0.29, 0.717) is 30.2 Å². The number of hydrogen-bond donors (Lipinski definition) is 1. The van der Waals surface area contributed by atoms with Gasteiger partial charge in [0.25, 0.3) is 0 Å². The van der Waals surface area contributed by atoms with E-state index in [-0.39, 0.29) is 12.3 Å². The van der Waals surface area contributed by atoms with Crippen molar-refractivity contribution in [1.29, 1.82) is 0 Å². The molecule has 1 aromatic rings. The van der Waals surface area contributed by atoms with Crippen molar-refractivity contribution in [2.24, 2.45) is 0 Å². The van der Waals surface area contributed by atoms with E-state index in [1.54, 1.807) is 23.7 Å². The lowest BCUT2D eigenvalue weighted by atomic mass is 10.3. The SMILES string of the molecule is CN(CCCC(=O)O)C(=O)CCSc1ccc(Cl)cc1. The van der Waals surface area contributed by atoms with Crippen molar-refractivity contribution in [2.75, 3.05) is 19.3 Å². The Morgan fingerprint density at radius 2 is 1.90 bits per heavy atom. The van der Waals surface area contributed by atoms with Crippen LogP contribution in [0.3, 0.4) is 0 Å². The van der Waals surface area contributed by atoms with Crippen LogP contribution in [0.25, 0.3) is 0 Å². The molecule has 0 heterocycles. The molecule has 0 aliphatic rings. The third kappa shape index (κ3) is 6.82. The molecule has 0 aliphatic heterocycles. The molecule has 1 rings (SSSR count). The Morgan fingerprint density at radius 3 is 2.50 bits per heavy atom. The molecule has 6 heteroatoms. The standard InChI is InChI=1S/C14H18ClNO3S/c1-16(9-2-3-14(18)19)13(17)8-10-20-12-6-4-11(15)5-7-12/h4-7H,2-3,8-10H2,1H3,(H,18,19). The van der Waals surface area contributed by atoms with E-state index in [9.17, 15) is 9.59 Å². The van der Waals surface area contributed by atoms with Crippen molar-refractivity contribution in [3.63, 3.8) is 0 Å². The lowest BCUT2D eigenvalue weighted by Gasteiger charge is -2.16. The molecule has 0 aromatic heterocycles. The van der Waals surface area contributed by atoms with Gasteiger partial charge in [0.1, 0.15) is 0 Å². The molecule has 0 radical (unpaired) electrons. The van der Waals surface area contributed by atoms with Gasteiger partial charge in [0.2, 0.25) is 5.91 Å². The Balaban J connectivity index is 2.21. The van der Waals surface area contributed by atoms with Gasteiger partial charge in [0, 0.05) is 42.1 Å². The summed E-state index contributed by atoms with van der Waals surface area (Å²) in [5.74, 6) is -0.0926. The molecule has 0 saturated carbocycles. The number of amides is 1. The minimum Gasteiger partial charge on any atom is -0.481 e. The third-order valence-electron chi connectivity index (χ3n) is 2.71. The third-order valence-corrected chi connectivity index (χ3v) is 3.97. The smallest absolute Gasteiger partial charge is 0.303 e. The van der Waals surface area contributed by atoms with Crippen LogP contribution in [-0.4, -0.2) is 41.2 Å². The zero-order valence-electron chi connectivity index (χ0n) is 11.3. The maximum Gasteiger partial charge on any atom is 0.303 e. The molecule has 0 aliphatic carbocycles. The maximum absolute atomic E-state index is 11.8. The topological polar surface area (TPSA) is 57.6 Å². The molecule has 0 unspecified atom stereocenters.